The number of anilines is 1. The van der Waals surface area contributed by atoms with Crippen LogP contribution in [0, 0.1) is 0 Å². The van der Waals surface area contributed by atoms with Crippen LogP contribution >= 0.6 is 11.6 Å². The highest BCUT2D eigenvalue weighted by Gasteiger charge is 2.32. The summed E-state index contributed by atoms with van der Waals surface area (Å²) in [4.78, 5) is 35.1. The fraction of sp³-hybridized carbons (Fsp3) is 0.524. The summed E-state index contributed by atoms with van der Waals surface area (Å²) in [6.07, 6.45) is -2.30. The van der Waals surface area contributed by atoms with Crippen molar-refractivity contribution in [3.63, 3.8) is 0 Å². The van der Waals surface area contributed by atoms with Crippen molar-refractivity contribution in [3.8, 4) is 11.4 Å². The van der Waals surface area contributed by atoms with Crippen molar-refractivity contribution in [2.75, 3.05) is 31.2 Å². The number of aromatic nitrogens is 6. The molecule has 0 aromatic carbocycles. The van der Waals surface area contributed by atoms with Crippen LogP contribution in [0.2, 0.25) is 5.28 Å². The van der Waals surface area contributed by atoms with Crippen LogP contribution in [-0.4, -0.2) is 73.7 Å². The molecule has 3 aromatic rings. The first-order valence-electron chi connectivity index (χ1n) is 11.0. The molecule has 0 radical (unpaired) electrons. The van der Waals surface area contributed by atoms with Gasteiger partial charge in [-0.3, -0.25) is 4.57 Å². The average Bonchev–Trinajstić information content (AvgIpc) is 3.10. The molecule has 1 aliphatic rings. The van der Waals surface area contributed by atoms with Gasteiger partial charge in [0, 0.05) is 25.5 Å². The molecule has 0 atom stereocenters. The van der Waals surface area contributed by atoms with Crippen molar-refractivity contribution < 1.29 is 27.4 Å². The number of nitrogens with one attached hydrogen (secondary N) is 1. The van der Waals surface area contributed by atoms with Crippen molar-refractivity contribution in [1.29, 1.82) is 0 Å². The van der Waals surface area contributed by atoms with Crippen molar-refractivity contribution in [1.82, 2.24) is 34.8 Å². The van der Waals surface area contributed by atoms with E-state index in [2.05, 4.69) is 30.2 Å². The van der Waals surface area contributed by atoms with E-state index in [9.17, 15) is 18.0 Å². The van der Waals surface area contributed by atoms with Gasteiger partial charge in [0.15, 0.2) is 22.8 Å². The first-order chi connectivity index (χ1) is 16.9. The molecule has 11 nitrogen and oxygen atoms in total. The highest BCUT2D eigenvalue weighted by Crippen LogP contribution is 2.31. The number of nitrogens with zero attached hydrogens (tertiary/aromatic N) is 7. The molecule has 1 saturated heterocycles. The zero-order valence-corrected chi connectivity index (χ0v) is 20.5. The monoisotopic (exact) mass is 528 g/mol. The Kier molecular flexibility index (Phi) is 7.18. The highest BCUT2D eigenvalue weighted by molar-refractivity contribution is 6.29. The number of alkyl halides is 3. The Balaban J connectivity index is 1.66. The number of rotatable bonds is 5. The molecule has 1 aliphatic heterocycles. The molecule has 0 saturated carbocycles. The number of halogens is 4. The lowest BCUT2D eigenvalue weighted by Crippen LogP contribution is -2.37. The van der Waals surface area contributed by atoms with E-state index in [4.69, 9.17) is 21.1 Å². The van der Waals surface area contributed by atoms with Gasteiger partial charge in [-0.25, -0.2) is 29.7 Å². The second-order valence-electron chi connectivity index (χ2n) is 8.97. The minimum Gasteiger partial charge on any atom is -0.444 e. The maximum Gasteiger partial charge on any atom is 0.408 e. The standard InChI is InChI=1S/C21H24ClF3N8O3/c1-20(2,3)36-19(34)28-10-13-26-8-12(9-27-13)15-30-16(32-4-6-35-7-5-32)14-17(31-15)33(18(22)29-14)11-21(23,24)25/h8-9H,4-7,10-11H2,1-3H3,(H,28,34). The third-order valence-corrected chi connectivity index (χ3v) is 5.22. The molecule has 0 spiro atoms. The van der Waals surface area contributed by atoms with Gasteiger partial charge in [0.1, 0.15) is 18.0 Å². The second kappa shape index (κ2) is 10.0. The Morgan fingerprint density at radius 3 is 2.42 bits per heavy atom. The van der Waals surface area contributed by atoms with Gasteiger partial charge < -0.3 is 19.7 Å². The van der Waals surface area contributed by atoms with Crippen LogP contribution in [0.1, 0.15) is 26.6 Å². The lowest BCUT2D eigenvalue weighted by atomic mass is 10.2. The van der Waals surface area contributed by atoms with E-state index in [0.29, 0.717) is 43.5 Å². The van der Waals surface area contributed by atoms with Crippen LogP contribution in [-0.2, 0) is 22.6 Å². The average molecular weight is 529 g/mol. The molecule has 0 aliphatic carbocycles. The Hall–Kier alpha value is -3.26. The van der Waals surface area contributed by atoms with Crippen LogP contribution in [0.15, 0.2) is 12.4 Å². The van der Waals surface area contributed by atoms with Gasteiger partial charge in [-0.1, -0.05) is 0 Å². The molecular formula is C21H24ClF3N8O3. The zero-order valence-electron chi connectivity index (χ0n) is 19.8. The number of hydrogen-bond acceptors (Lipinski definition) is 9. The number of amides is 1. The van der Waals surface area contributed by atoms with Crippen molar-refractivity contribution in [2.45, 2.75) is 45.6 Å². The minimum absolute atomic E-state index is 0.0159. The highest BCUT2D eigenvalue weighted by atomic mass is 35.5. The van der Waals surface area contributed by atoms with Crippen molar-refractivity contribution in [3.05, 3.63) is 23.5 Å². The Morgan fingerprint density at radius 2 is 1.81 bits per heavy atom. The number of ether oxygens (including phenoxy) is 2. The number of alkyl carbamates (subject to hydrolysis) is 1. The van der Waals surface area contributed by atoms with Crippen LogP contribution in [0.4, 0.5) is 23.8 Å². The third kappa shape index (κ3) is 6.29. The third-order valence-electron chi connectivity index (χ3n) is 4.93. The molecule has 0 unspecified atom stereocenters. The molecule has 194 valence electrons. The van der Waals surface area contributed by atoms with Gasteiger partial charge in [-0.15, -0.1) is 0 Å². The lowest BCUT2D eigenvalue weighted by Gasteiger charge is -2.28. The predicted molar refractivity (Wildman–Crippen MR) is 124 cm³/mol. The van der Waals surface area contributed by atoms with Crippen LogP contribution < -0.4 is 10.2 Å². The first kappa shape index (κ1) is 25.8. The molecule has 0 bridgehead atoms. The van der Waals surface area contributed by atoms with Gasteiger partial charge >= 0.3 is 12.3 Å². The topological polar surface area (TPSA) is 120 Å². The molecule has 1 N–H and O–H groups in total. The SMILES string of the molecule is CC(C)(C)OC(=O)NCc1ncc(-c2nc(N3CCOCC3)c3nc(Cl)n(CC(F)(F)F)c3n2)cn1. The summed E-state index contributed by atoms with van der Waals surface area (Å²) in [5, 5.41) is 2.21. The van der Waals surface area contributed by atoms with Crippen LogP contribution in [0.3, 0.4) is 0 Å². The maximum atomic E-state index is 13.2. The van der Waals surface area contributed by atoms with Crippen LogP contribution in [0.5, 0.6) is 0 Å². The maximum absolute atomic E-state index is 13.2. The molecule has 15 heteroatoms. The Bertz CT molecular complexity index is 1240. The number of morpholine rings is 1. The molecule has 1 fully saturated rings. The predicted octanol–water partition coefficient (Wildman–Crippen LogP) is 3.36. The Morgan fingerprint density at radius 1 is 1.14 bits per heavy atom. The van der Waals surface area contributed by atoms with Gasteiger partial charge in [-0.2, -0.15) is 13.2 Å². The summed E-state index contributed by atoms with van der Waals surface area (Å²) in [6, 6.07) is 0. The van der Waals surface area contributed by atoms with Gasteiger partial charge in [0.05, 0.1) is 25.3 Å². The smallest absolute Gasteiger partial charge is 0.408 e. The van der Waals surface area contributed by atoms with Crippen molar-refractivity contribution >= 4 is 34.7 Å². The number of imidazole rings is 1. The summed E-state index contributed by atoms with van der Waals surface area (Å²) in [7, 11) is 0. The van der Waals surface area contributed by atoms with Crippen LogP contribution in [0.25, 0.3) is 22.6 Å². The molecule has 3 aromatic heterocycles. The zero-order chi connectivity index (χ0) is 26.1. The van der Waals surface area contributed by atoms with E-state index in [1.807, 2.05) is 4.90 Å². The summed E-state index contributed by atoms with van der Waals surface area (Å²) in [6.45, 7) is 5.70. The lowest BCUT2D eigenvalue weighted by molar-refractivity contribution is -0.140. The minimum atomic E-state index is -4.53. The van der Waals surface area contributed by atoms with E-state index >= 15 is 0 Å². The van der Waals surface area contributed by atoms with Gasteiger partial charge in [-0.05, 0) is 32.4 Å². The summed E-state index contributed by atoms with van der Waals surface area (Å²) >= 11 is 6.08. The van der Waals surface area contributed by atoms with E-state index in [0.717, 1.165) is 4.57 Å². The van der Waals surface area contributed by atoms with E-state index in [1.165, 1.54) is 12.4 Å². The van der Waals surface area contributed by atoms with E-state index in [-0.39, 0.29) is 28.8 Å². The molecule has 4 heterocycles. The largest absolute Gasteiger partial charge is 0.444 e. The Labute approximate surface area is 209 Å². The molecule has 4 rings (SSSR count). The number of fused-ring (bicyclic) bond motifs is 1. The number of carbonyl (C=O) groups is 1. The number of carbonyl (C=O) groups excluding carboxylic acids is 1. The normalized spacial score (nSPS) is 14.8. The fourth-order valence-corrected chi connectivity index (χ4v) is 3.66. The second-order valence-corrected chi connectivity index (χ2v) is 9.31. The van der Waals surface area contributed by atoms with E-state index < -0.39 is 24.4 Å². The van der Waals surface area contributed by atoms with Gasteiger partial charge in [0.2, 0.25) is 5.28 Å². The van der Waals surface area contributed by atoms with Crippen molar-refractivity contribution in [2.24, 2.45) is 0 Å². The molecular weight excluding hydrogens is 505 g/mol. The molecule has 36 heavy (non-hydrogen) atoms. The number of hydrogen-bond donors (Lipinski definition) is 1. The summed E-state index contributed by atoms with van der Waals surface area (Å²) in [5.41, 5.74) is -0.179. The summed E-state index contributed by atoms with van der Waals surface area (Å²) in [5.74, 6) is 0.747. The molecule has 1 amide bonds. The summed E-state index contributed by atoms with van der Waals surface area (Å²) < 4.78 is 51.1. The fourth-order valence-electron chi connectivity index (χ4n) is 3.43. The van der Waals surface area contributed by atoms with E-state index in [1.54, 1.807) is 20.8 Å². The quantitative estimate of drug-likeness (QED) is 0.497. The first-order valence-corrected chi connectivity index (χ1v) is 11.4. The van der Waals surface area contributed by atoms with Gasteiger partial charge in [0.25, 0.3) is 0 Å².